The Morgan fingerprint density at radius 1 is 1.13 bits per heavy atom. The lowest BCUT2D eigenvalue weighted by Gasteiger charge is -2.40. The van der Waals surface area contributed by atoms with Gasteiger partial charge in [-0.2, -0.15) is 0 Å². The normalized spacial score (nSPS) is 30.4. The van der Waals surface area contributed by atoms with E-state index in [4.69, 9.17) is 9.47 Å². The summed E-state index contributed by atoms with van der Waals surface area (Å²) < 4.78 is 10.8. The number of ether oxygens (including phenoxy) is 2. The quantitative estimate of drug-likeness (QED) is 0.176. The summed E-state index contributed by atoms with van der Waals surface area (Å²) in [4.78, 5) is 12.4. The molecular weight excluding hydrogens is 410 g/mol. The molecule has 1 heterocycles. The van der Waals surface area contributed by atoms with Crippen LogP contribution < -0.4 is 5.32 Å². The molecule has 1 fully saturated rings. The molecule has 0 aromatic carbocycles. The van der Waals surface area contributed by atoms with Gasteiger partial charge in [-0.05, 0) is 18.8 Å². The third-order valence-corrected chi connectivity index (χ3v) is 5.75. The molecule has 0 saturated carbocycles. The summed E-state index contributed by atoms with van der Waals surface area (Å²) in [6, 6.07) is -0.841. The van der Waals surface area contributed by atoms with Gasteiger partial charge in [0.25, 0.3) is 0 Å². The zero-order valence-corrected chi connectivity index (χ0v) is 18.8. The smallest absolute Gasteiger partial charge is 0.222 e. The third kappa shape index (κ3) is 9.27. The minimum Gasteiger partial charge on any atom is -0.394 e. The Bertz CT molecular complexity index is 507. The molecule has 7 N–H and O–H groups in total. The van der Waals surface area contributed by atoms with Crippen LogP contribution in [0.1, 0.15) is 59.3 Å². The average molecular weight is 452 g/mol. The lowest BCUT2D eigenvalue weighted by molar-refractivity contribution is -0.302. The number of hydrogen-bond donors (Lipinski definition) is 7. The van der Waals surface area contributed by atoms with E-state index in [2.05, 4.69) is 5.32 Å². The van der Waals surface area contributed by atoms with E-state index in [1.54, 1.807) is 0 Å². The second-order valence-electron chi connectivity index (χ2n) is 8.52. The van der Waals surface area contributed by atoms with Crippen LogP contribution in [0.2, 0.25) is 0 Å². The second kappa shape index (κ2) is 14.3. The van der Waals surface area contributed by atoms with Crippen molar-refractivity contribution in [2.45, 2.75) is 108 Å². The van der Waals surface area contributed by atoms with Crippen LogP contribution >= 0.6 is 0 Å². The van der Waals surface area contributed by atoms with Crippen LogP contribution in [0.5, 0.6) is 0 Å². The number of aliphatic hydroxyl groups is 6. The first-order valence-corrected chi connectivity index (χ1v) is 11.2. The van der Waals surface area contributed by atoms with Gasteiger partial charge in [-0.3, -0.25) is 4.79 Å². The summed E-state index contributed by atoms with van der Waals surface area (Å²) in [5, 5.41) is 62.4. The molecule has 0 aromatic heterocycles. The van der Waals surface area contributed by atoms with Crippen LogP contribution in [0.3, 0.4) is 0 Å². The molecule has 10 nitrogen and oxygen atoms in total. The summed E-state index contributed by atoms with van der Waals surface area (Å²) in [6.07, 6.45) is -5.52. The number of nitrogens with one attached hydrogen (secondary N) is 1. The van der Waals surface area contributed by atoms with Crippen molar-refractivity contribution in [1.29, 1.82) is 0 Å². The molecule has 0 aromatic rings. The first-order valence-electron chi connectivity index (χ1n) is 11.2. The Morgan fingerprint density at radius 3 is 2.39 bits per heavy atom. The Morgan fingerprint density at radius 2 is 1.81 bits per heavy atom. The number of hydrogen-bond acceptors (Lipinski definition) is 9. The van der Waals surface area contributed by atoms with Crippen molar-refractivity contribution in [1.82, 2.24) is 5.32 Å². The fourth-order valence-electron chi connectivity index (χ4n) is 3.42. The Labute approximate surface area is 184 Å². The summed E-state index contributed by atoms with van der Waals surface area (Å²) in [7, 11) is 0. The van der Waals surface area contributed by atoms with E-state index < -0.39 is 61.5 Å². The van der Waals surface area contributed by atoms with E-state index in [1.165, 1.54) is 0 Å². The number of aliphatic hydroxyl groups excluding tert-OH is 6. The van der Waals surface area contributed by atoms with Gasteiger partial charge in [-0.1, -0.05) is 40.0 Å². The van der Waals surface area contributed by atoms with Gasteiger partial charge in [0.1, 0.15) is 24.4 Å². The lowest BCUT2D eigenvalue weighted by Crippen LogP contribution is -2.60. The van der Waals surface area contributed by atoms with Gasteiger partial charge >= 0.3 is 0 Å². The highest BCUT2D eigenvalue weighted by Gasteiger charge is 2.44. The number of unbranched alkanes of at least 4 members (excludes halogenated alkanes) is 1. The highest BCUT2D eigenvalue weighted by molar-refractivity contribution is 5.76. The van der Waals surface area contributed by atoms with Crippen molar-refractivity contribution >= 4 is 5.91 Å². The van der Waals surface area contributed by atoms with E-state index >= 15 is 0 Å². The second-order valence-corrected chi connectivity index (χ2v) is 8.52. The highest BCUT2D eigenvalue weighted by Crippen LogP contribution is 2.22. The van der Waals surface area contributed by atoms with Crippen molar-refractivity contribution in [2.24, 2.45) is 5.92 Å². The van der Waals surface area contributed by atoms with Crippen LogP contribution in [0, 0.1) is 5.92 Å². The van der Waals surface area contributed by atoms with Crippen molar-refractivity contribution in [2.75, 3.05) is 13.2 Å². The van der Waals surface area contributed by atoms with Crippen molar-refractivity contribution < 1.29 is 44.9 Å². The molecule has 1 rings (SSSR count). The van der Waals surface area contributed by atoms with Crippen LogP contribution in [-0.4, -0.2) is 98.7 Å². The van der Waals surface area contributed by atoms with Gasteiger partial charge in [0.2, 0.25) is 5.91 Å². The van der Waals surface area contributed by atoms with Gasteiger partial charge in [-0.25, -0.2) is 0 Å². The van der Waals surface area contributed by atoms with Crippen molar-refractivity contribution in [3.8, 4) is 0 Å². The molecule has 31 heavy (non-hydrogen) atoms. The zero-order valence-electron chi connectivity index (χ0n) is 18.8. The van der Waals surface area contributed by atoms with Crippen LogP contribution in [0.4, 0.5) is 0 Å². The van der Waals surface area contributed by atoms with Crippen LogP contribution in [0.25, 0.3) is 0 Å². The molecular formula is C21H41NO9. The number of carbonyl (C=O) groups excluding carboxylic acids is 1. The summed E-state index contributed by atoms with van der Waals surface area (Å²) in [5.41, 5.74) is 0. The lowest BCUT2D eigenvalue weighted by atomic mass is 9.96. The molecule has 1 aliphatic heterocycles. The molecule has 1 saturated heterocycles. The van der Waals surface area contributed by atoms with Gasteiger partial charge < -0.3 is 45.4 Å². The Hall–Kier alpha value is -0.850. The fraction of sp³-hybridized carbons (Fsp3) is 0.952. The van der Waals surface area contributed by atoms with Crippen molar-refractivity contribution in [3.05, 3.63) is 0 Å². The molecule has 3 unspecified atom stereocenters. The Balaban J connectivity index is 2.76. The largest absolute Gasteiger partial charge is 0.394 e. The molecule has 1 amide bonds. The fourth-order valence-corrected chi connectivity index (χ4v) is 3.42. The number of rotatable bonds is 14. The molecule has 184 valence electrons. The minimum atomic E-state index is -1.58. The summed E-state index contributed by atoms with van der Waals surface area (Å²) >= 11 is 0. The molecule has 10 heteroatoms. The first-order chi connectivity index (χ1) is 14.6. The molecule has 0 spiro atoms. The maximum Gasteiger partial charge on any atom is 0.222 e. The number of amides is 1. The van der Waals surface area contributed by atoms with Crippen molar-refractivity contribution in [3.63, 3.8) is 0 Å². The standard InChI is InChI=1S/C21H41NO9/c1-4-6-7-13(24)9-17(26)22-14(15(25)8-12(3)5-2)11-30-21-20(29)19(28)18(27)16(10-23)31-21/h12-16,18-21,23-25,27-29H,4-11H2,1-3H3,(H,22,26)/t12?,13-,14+,15-,16?,18+,19+,20?,21+/m1/s1. The maximum atomic E-state index is 12.4. The summed E-state index contributed by atoms with van der Waals surface area (Å²) in [5.74, 6) is -0.244. The van der Waals surface area contributed by atoms with E-state index in [0.29, 0.717) is 12.8 Å². The number of carbonyl (C=O) groups is 1. The minimum absolute atomic E-state index is 0.105. The first kappa shape index (κ1) is 28.2. The van der Waals surface area contributed by atoms with Gasteiger partial charge in [0, 0.05) is 0 Å². The predicted octanol–water partition coefficient (Wildman–Crippen LogP) is -0.974. The average Bonchev–Trinajstić information content (AvgIpc) is 2.74. The van der Waals surface area contributed by atoms with E-state index in [9.17, 15) is 35.4 Å². The molecule has 0 aliphatic carbocycles. The maximum absolute atomic E-state index is 12.4. The predicted molar refractivity (Wildman–Crippen MR) is 112 cm³/mol. The monoisotopic (exact) mass is 451 g/mol. The van der Waals surface area contributed by atoms with E-state index in [-0.39, 0.29) is 18.9 Å². The molecule has 0 radical (unpaired) electrons. The Kier molecular flexibility index (Phi) is 13.0. The zero-order chi connectivity index (χ0) is 23.6. The molecule has 0 bridgehead atoms. The van der Waals surface area contributed by atoms with Gasteiger partial charge in [-0.15, -0.1) is 0 Å². The summed E-state index contributed by atoms with van der Waals surface area (Å²) in [6.45, 7) is 5.12. The van der Waals surface area contributed by atoms with Crippen LogP contribution in [-0.2, 0) is 14.3 Å². The van der Waals surface area contributed by atoms with E-state index in [0.717, 1.165) is 19.3 Å². The van der Waals surface area contributed by atoms with E-state index in [1.807, 2.05) is 20.8 Å². The topological polar surface area (TPSA) is 169 Å². The van der Waals surface area contributed by atoms with Gasteiger partial charge in [0.15, 0.2) is 6.29 Å². The van der Waals surface area contributed by atoms with Crippen LogP contribution in [0.15, 0.2) is 0 Å². The highest BCUT2D eigenvalue weighted by atomic mass is 16.7. The SMILES string of the molecule is CCCC[C@@H](O)CC(=O)N[C@@H](CO[C@H]1OC(CO)[C@H](O)[C@H](O)C1O)[C@H](O)CC(C)CC. The molecule has 1 aliphatic rings. The molecule has 9 atom stereocenters. The third-order valence-electron chi connectivity index (χ3n) is 5.75. The van der Waals surface area contributed by atoms with Gasteiger partial charge in [0.05, 0.1) is 37.9 Å².